The zero-order valence-electron chi connectivity index (χ0n) is 15.5. The lowest BCUT2D eigenvalue weighted by Crippen LogP contribution is -2.57. The van der Waals surface area contributed by atoms with Crippen LogP contribution in [-0.2, 0) is 6.42 Å². The third-order valence-corrected chi connectivity index (χ3v) is 8.12. The first-order valence-electron chi connectivity index (χ1n) is 10.4. The van der Waals surface area contributed by atoms with Gasteiger partial charge in [-0.2, -0.15) is 0 Å². The first-order chi connectivity index (χ1) is 13.1. The highest BCUT2D eigenvalue weighted by atomic mass is 79.9. The van der Waals surface area contributed by atoms with E-state index in [-0.39, 0.29) is 6.04 Å². The minimum atomic E-state index is 0.141. The minimum absolute atomic E-state index is 0.141. The van der Waals surface area contributed by atoms with Gasteiger partial charge in [0.25, 0.3) is 0 Å². The standard InChI is InChI=1S/C23H26BrN3/c24-18-9-14-2-1-3-19-20(11-15(10-18)21(14)19)26-23(25)27-22-16-5-12-4-13(7-16)8-17(22)6-12/h1-3,9-10,12-13,16-17,20,22H,4-8,11H2,(H3,25,26,27). The zero-order valence-corrected chi connectivity index (χ0v) is 17.1. The fourth-order valence-corrected chi connectivity index (χ4v) is 7.44. The molecular formula is C23H26BrN3. The summed E-state index contributed by atoms with van der Waals surface area (Å²) in [7, 11) is 0. The summed E-state index contributed by atoms with van der Waals surface area (Å²) in [6.45, 7) is 0. The van der Waals surface area contributed by atoms with Gasteiger partial charge in [0, 0.05) is 10.5 Å². The Labute approximate surface area is 168 Å². The van der Waals surface area contributed by atoms with E-state index < -0.39 is 0 Å². The van der Waals surface area contributed by atoms with Gasteiger partial charge in [-0.15, -0.1) is 0 Å². The molecule has 2 aromatic carbocycles. The van der Waals surface area contributed by atoms with Crippen molar-refractivity contribution in [1.29, 1.82) is 0 Å². The molecule has 27 heavy (non-hydrogen) atoms. The molecule has 4 fully saturated rings. The van der Waals surface area contributed by atoms with Gasteiger partial charge in [0.15, 0.2) is 5.96 Å². The smallest absolute Gasteiger partial charge is 0.189 e. The molecule has 0 heterocycles. The van der Waals surface area contributed by atoms with Crippen LogP contribution in [0, 0.1) is 23.7 Å². The SMILES string of the molecule is NC(=NC1Cc2cc(Br)cc3cccc1c23)NC1C2CC3CC(C2)CC1C3. The molecule has 0 saturated heterocycles. The summed E-state index contributed by atoms with van der Waals surface area (Å²) in [6, 6.07) is 11.7. The Bertz CT molecular complexity index is 922. The van der Waals surface area contributed by atoms with E-state index >= 15 is 0 Å². The second-order valence-electron chi connectivity index (χ2n) is 9.35. The van der Waals surface area contributed by atoms with Crippen LogP contribution in [-0.4, -0.2) is 12.0 Å². The van der Waals surface area contributed by atoms with Gasteiger partial charge >= 0.3 is 0 Å². The Morgan fingerprint density at radius 3 is 2.52 bits per heavy atom. The highest BCUT2D eigenvalue weighted by Gasteiger charge is 2.48. The van der Waals surface area contributed by atoms with Crippen molar-refractivity contribution in [3.8, 4) is 0 Å². The summed E-state index contributed by atoms with van der Waals surface area (Å²) >= 11 is 3.65. The van der Waals surface area contributed by atoms with E-state index in [1.807, 2.05) is 0 Å². The Hall–Kier alpha value is -1.55. The fraction of sp³-hybridized carbons (Fsp3) is 0.522. The maximum absolute atomic E-state index is 6.46. The molecule has 3 N–H and O–H groups in total. The van der Waals surface area contributed by atoms with Crippen molar-refractivity contribution < 1.29 is 0 Å². The highest BCUT2D eigenvalue weighted by Crippen LogP contribution is 2.53. The third kappa shape index (κ3) is 2.63. The molecule has 1 unspecified atom stereocenters. The van der Waals surface area contributed by atoms with E-state index in [1.165, 1.54) is 54.0 Å². The topological polar surface area (TPSA) is 50.4 Å². The number of benzene rings is 2. The number of hydrogen-bond acceptors (Lipinski definition) is 1. The molecule has 0 aromatic heterocycles. The molecule has 5 aliphatic carbocycles. The maximum Gasteiger partial charge on any atom is 0.189 e. The Kier molecular flexibility index (Phi) is 3.63. The summed E-state index contributed by atoms with van der Waals surface area (Å²) in [6.07, 6.45) is 8.04. The van der Waals surface area contributed by atoms with E-state index in [4.69, 9.17) is 10.7 Å². The van der Waals surface area contributed by atoms with Crippen molar-refractivity contribution in [1.82, 2.24) is 5.32 Å². The van der Waals surface area contributed by atoms with Gasteiger partial charge in [0.2, 0.25) is 0 Å². The van der Waals surface area contributed by atoms with E-state index in [1.54, 1.807) is 0 Å². The minimum Gasteiger partial charge on any atom is -0.370 e. The fourth-order valence-electron chi connectivity index (χ4n) is 6.92. The summed E-state index contributed by atoms with van der Waals surface area (Å²) in [5.41, 5.74) is 9.16. The number of halogens is 1. The van der Waals surface area contributed by atoms with E-state index in [2.05, 4.69) is 51.6 Å². The van der Waals surface area contributed by atoms with Crippen molar-refractivity contribution in [3.05, 3.63) is 45.9 Å². The van der Waals surface area contributed by atoms with Gasteiger partial charge in [-0.25, -0.2) is 4.99 Å². The first-order valence-corrected chi connectivity index (χ1v) is 11.2. The zero-order chi connectivity index (χ0) is 18.1. The largest absolute Gasteiger partial charge is 0.370 e. The molecule has 4 heteroatoms. The quantitative estimate of drug-likeness (QED) is 0.531. The molecule has 5 aliphatic rings. The molecule has 2 aromatic rings. The maximum atomic E-state index is 6.46. The predicted molar refractivity (Wildman–Crippen MR) is 114 cm³/mol. The number of rotatable bonds is 2. The number of hydrogen-bond donors (Lipinski definition) is 2. The average Bonchev–Trinajstić information content (AvgIpc) is 2.96. The number of nitrogens with one attached hydrogen (secondary N) is 1. The van der Waals surface area contributed by atoms with Crippen LogP contribution in [0.2, 0.25) is 0 Å². The highest BCUT2D eigenvalue weighted by molar-refractivity contribution is 9.10. The molecule has 4 saturated carbocycles. The molecular weight excluding hydrogens is 398 g/mol. The molecule has 3 nitrogen and oxygen atoms in total. The van der Waals surface area contributed by atoms with Gasteiger partial charge in [-0.1, -0.05) is 34.1 Å². The van der Waals surface area contributed by atoms with Crippen LogP contribution in [0.25, 0.3) is 10.8 Å². The number of aliphatic imine (C=N–C) groups is 1. The van der Waals surface area contributed by atoms with Crippen LogP contribution >= 0.6 is 15.9 Å². The van der Waals surface area contributed by atoms with Crippen molar-refractivity contribution in [2.75, 3.05) is 0 Å². The number of guanidine groups is 1. The molecule has 4 bridgehead atoms. The average molecular weight is 424 g/mol. The van der Waals surface area contributed by atoms with Gasteiger partial charge in [0.05, 0.1) is 6.04 Å². The monoisotopic (exact) mass is 423 g/mol. The summed E-state index contributed by atoms with van der Waals surface area (Å²) in [5.74, 6) is 4.26. The second-order valence-corrected chi connectivity index (χ2v) is 10.3. The Morgan fingerprint density at radius 1 is 1.04 bits per heavy atom. The van der Waals surface area contributed by atoms with Gasteiger partial charge in [0.1, 0.15) is 0 Å². The molecule has 7 rings (SSSR count). The van der Waals surface area contributed by atoms with Crippen molar-refractivity contribution in [2.24, 2.45) is 34.4 Å². The molecule has 0 amide bonds. The van der Waals surface area contributed by atoms with E-state index in [0.717, 1.165) is 34.6 Å². The first kappa shape index (κ1) is 16.4. The van der Waals surface area contributed by atoms with Gasteiger partial charge in [-0.05, 0) is 96.2 Å². The summed E-state index contributed by atoms with van der Waals surface area (Å²) in [4.78, 5) is 4.97. The van der Waals surface area contributed by atoms with E-state index in [0.29, 0.717) is 12.0 Å². The third-order valence-electron chi connectivity index (χ3n) is 7.66. The Morgan fingerprint density at radius 2 is 1.78 bits per heavy atom. The number of nitrogens with two attached hydrogens (primary N) is 1. The van der Waals surface area contributed by atoms with Crippen LogP contribution in [0.3, 0.4) is 0 Å². The van der Waals surface area contributed by atoms with Gasteiger partial charge < -0.3 is 11.1 Å². The lowest BCUT2D eigenvalue weighted by atomic mass is 9.54. The lowest BCUT2D eigenvalue weighted by Gasteiger charge is -2.54. The summed E-state index contributed by atoms with van der Waals surface area (Å²) in [5, 5.41) is 6.34. The van der Waals surface area contributed by atoms with Crippen LogP contribution < -0.4 is 11.1 Å². The molecule has 0 spiro atoms. The Balaban J connectivity index is 1.26. The van der Waals surface area contributed by atoms with Crippen LogP contribution in [0.15, 0.2) is 39.8 Å². The molecule has 0 aliphatic heterocycles. The molecule has 140 valence electrons. The van der Waals surface area contributed by atoms with E-state index in [9.17, 15) is 0 Å². The van der Waals surface area contributed by atoms with Crippen LogP contribution in [0.1, 0.15) is 49.3 Å². The van der Waals surface area contributed by atoms with Crippen molar-refractivity contribution in [2.45, 2.75) is 50.6 Å². The second kappa shape index (κ2) is 5.97. The van der Waals surface area contributed by atoms with Crippen LogP contribution in [0.4, 0.5) is 0 Å². The van der Waals surface area contributed by atoms with Crippen molar-refractivity contribution >= 4 is 32.7 Å². The lowest BCUT2D eigenvalue weighted by molar-refractivity contribution is -0.00703. The van der Waals surface area contributed by atoms with Crippen molar-refractivity contribution in [3.63, 3.8) is 0 Å². The summed E-state index contributed by atoms with van der Waals surface area (Å²) < 4.78 is 1.14. The predicted octanol–water partition coefficient (Wildman–Crippen LogP) is 4.93. The normalized spacial score (nSPS) is 36.6. The van der Waals surface area contributed by atoms with Gasteiger partial charge in [-0.3, -0.25) is 0 Å². The molecule has 1 atom stereocenters. The molecule has 0 radical (unpaired) electrons. The number of nitrogens with zero attached hydrogens (tertiary/aromatic N) is 1. The van der Waals surface area contributed by atoms with Crippen LogP contribution in [0.5, 0.6) is 0 Å².